The van der Waals surface area contributed by atoms with Crippen LogP contribution in [0.2, 0.25) is 0 Å². The number of likely N-dealkylation sites (tertiary alicyclic amines) is 1. The Labute approximate surface area is 146 Å². The van der Waals surface area contributed by atoms with Gasteiger partial charge in [0.25, 0.3) is 0 Å². The minimum atomic E-state index is 0.0828. The molecule has 25 heavy (non-hydrogen) atoms. The molecule has 0 aromatic carbocycles. The van der Waals surface area contributed by atoms with Gasteiger partial charge in [-0.25, -0.2) is 14.6 Å². The van der Waals surface area contributed by atoms with E-state index < -0.39 is 0 Å². The maximum Gasteiger partial charge on any atom is 0.244 e. The molecule has 1 amide bonds. The summed E-state index contributed by atoms with van der Waals surface area (Å²) < 4.78 is 1.48. The van der Waals surface area contributed by atoms with Gasteiger partial charge in [0.15, 0.2) is 0 Å². The lowest BCUT2D eigenvalue weighted by molar-refractivity contribution is -0.135. The summed E-state index contributed by atoms with van der Waals surface area (Å²) in [6.07, 6.45) is 9.47. The average Bonchev–Trinajstić information content (AvgIpc) is 3.15. The molecule has 0 saturated carbocycles. The van der Waals surface area contributed by atoms with Crippen molar-refractivity contribution in [2.24, 2.45) is 5.41 Å². The molecule has 2 aromatic rings. The number of carbonyl (C=O) groups is 1. The van der Waals surface area contributed by atoms with Gasteiger partial charge in [0.05, 0.1) is 0 Å². The number of anilines is 1. The van der Waals surface area contributed by atoms with Crippen LogP contribution in [0.3, 0.4) is 0 Å². The molecule has 132 valence electrons. The minimum Gasteiger partial charge on any atom is -0.340 e. The molecule has 9 heteroatoms. The van der Waals surface area contributed by atoms with E-state index in [4.69, 9.17) is 0 Å². The molecular formula is C16H22N8O. The van der Waals surface area contributed by atoms with Gasteiger partial charge in [-0.2, -0.15) is 0 Å². The highest BCUT2D eigenvalue weighted by Crippen LogP contribution is 2.39. The first kappa shape index (κ1) is 15.9. The second-order valence-electron chi connectivity index (χ2n) is 7.00. The molecule has 2 aliphatic rings. The Morgan fingerprint density at radius 1 is 1.12 bits per heavy atom. The van der Waals surface area contributed by atoms with Gasteiger partial charge in [0, 0.05) is 44.0 Å². The molecule has 0 bridgehead atoms. The van der Waals surface area contributed by atoms with Crippen molar-refractivity contribution < 1.29 is 4.79 Å². The number of carbonyl (C=O) groups excluding carboxylic acids is 1. The molecule has 2 fully saturated rings. The van der Waals surface area contributed by atoms with Gasteiger partial charge >= 0.3 is 0 Å². The van der Waals surface area contributed by atoms with Crippen molar-refractivity contribution in [2.45, 2.75) is 32.2 Å². The lowest BCUT2D eigenvalue weighted by Gasteiger charge is -2.48. The van der Waals surface area contributed by atoms with E-state index in [0.717, 1.165) is 57.8 Å². The van der Waals surface area contributed by atoms with Crippen molar-refractivity contribution in [3.05, 3.63) is 24.8 Å². The molecule has 2 aliphatic heterocycles. The number of hydrogen-bond donors (Lipinski definition) is 0. The molecule has 0 N–H and O–H groups in total. The van der Waals surface area contributed by atoms with Crippen molar-refractivity contribution >= 4 is 11.9 Å². The molecule has 4 heterocycles. The summed E-state index contributed by atoms with van der Waals surface area (Å²) in [5, 5.41) is 11.0. The molecule has 4 rings (SSSR count). The Bertz CT molecular complexity index is 702. The van der Waals surface area contributed by atoms with E-state index in [2.05, 4.69) is 30.4 Å². The normalized spacial score (nSPS) is 23.8. The van der Waals surface area contributed by atoms with E-state index in [1.54, 1.807) is 12.4 Å². The fourth-order valence-electron chi connectivity index (χ4n) is 4.08. The molecule has 1 atom stereocenters. The molecule has 2 saturated heterocycles. The largest absolute Gasteiger partial charge is 0.340 e. The van der Waals surface area contributed by atoms with Crippen molar-refractivity contribution in [1.82, 2.24) is 35.1 Å². The molecule has 0 radical (unpaired) electrons. The van der Waals surface area contributed by atoms with Crippen LogP contribution in [0.15, 0.2) is 24.8 Å². The fraction of sp³-hybridized carbons (Fsp3) is 0.625. The smallest absolute Gasteiger partial charge is 0.244 e. The zero-order valence-electron chi connectivity index (χ0n) is 14.2. The zero-order chi connectivity index (χ0) is 17.1. The van der Waals surface area contributed by atoms with Crippen LogP contribution >= 0.6 is 0 Å². The van der Waals surface area contributed by atoms with Crippen LogP contribution in [-0.2, 0) is 11.3 Å². The quantitative estimate of drug-likeness (QED) is 0.795. The fourth-order valence-corrected chi connectivity index (χ4v) is 4.08. The van der Waals surface area contributed by atoms with E-state index >= 15 is 0 Å². The number of hydrogen-bond acceptors (Lipinski definition) is 7. The molecule has 2 aromatic heterocycles. The summed E-state index contributed by atoms with van der Waals surface area (Å²) in [7, 11) is 0. The SMILES string of the molecule is O=C(Cn1cnnn1)N1CCCC2(CCCN(c3ncccn3)C2)C1. The van der Waals surface area contributed by atoms with E-state index in [1.165, 1.54) is 11.0 Å². The number of amides is 1. The van der Waals surface area contributed by atoms with Gasteiger partial charge in [-0.15, -0.1) is 5.10 Å². The second kappa shape index (κ2) is 6.73. The Hall–Kier alpha value is -2.58. The Balaban J connectivity index is 1.45. The van der Waals surface area contributed by atoms with Gasteiger partial charge < -0.3 is 9.80 Å². The first-order chi connectivity index (χ1) is 12.2. The number of aromatic nitrogens is 6. The van der Waals surface area contributed by atoms with E-state index in [9.17, 15) is 4.79 Å². The standard InChI is InChI=1S/C16H22N8O/c25-14(10-24-13-19-20-21-24)22-8-1-4-16(11-22)5-2-9-23(12-16)15-17-6-3-7-18-15/h3,6-7,13H,1-2,4-5,8-12H2. The second-order valence-corrected chi connectivity index (χ2v) is 7.00. The number of tetrazole rings is 1. The number of nitrogens with zero attached hydrogens (tertiary/aromatic N) is 8. The van der Waals surface area contributed by atoms with Crippen LogP contribution in [-0.4, -0.2) is 67.2 Å². The Kier molecular flexibility index (Phi) is 4.29. The predicted octanol–water partition coefficient (Wildman–Crippen LogP) is 0.372. The average molecular weight is 342 g/mol. The first-order valence-corrected chi connectivity index (χ1v) is 8.75. The zero-order valence-corrected chi connectivity index (χ0v) is 14.2. The van der Waals surface area contributed by atoms with Gasteiger partial charge in [0.1, 0.15) is 12.9 Å². The van der Waals surface area contributed by atoms with Crippen LogP contribution in [0, 0.1) is 5.41 Å². The van der Waals surface area contributed by atoms with Crippen LogP contribution in [0.5, 0.6) is 0 Å². The summed E-state index contributed by atoms with van der Waals surface area (Å²) in [4.78, 5) is 25.6. The highest BCUT2D eigenvalue weighted by atomic mass is 16.2. The Morgan fingerprint density at radius 2 is 1.92 bits per heavy atom. The van der Waals surface area contributed by atoms with E-state index in [1.807, 2.05) is 11.0 Å². The maximum atomic E-state index is 12.6. The number of piperidine rings is 2. The minimum absolute atomic E-state index is 0.0828. The third-order valence-electron chi connectivity index (χ3n) is 5.20. The third-order valence-corrected chi connectivity index (χ3v) is 5.20. The lowest BCUT2D eigenvalue weighted by atomic mass is 9.73. The molecule has 1 spiro atoms. The number of rotatable bonds is 3. The van der Waals surface area contributed by atoms with Crippen molar-refractivity contribution in [3.63, 3.8) is 0 Å². The van der Waals surface area contributed by atoms with Crippen LogP contribution in [0.1, 0.15) is 25.7 Å². The van der Waals surface area contributed by atoms with Crippen LogP contribution in [0.25, 0.3) is 0 Å². The predicted molar refractivity (Wildman–Crippen MR) is 89.5 cm³/mol. The monoisotopic (exact) mass is 342 g/mol. The summed E-state index contributed by atoms with van der Waals surface area (Å²) in [5.41, 5.74) is 0.131. The van der Waals surface area contributed by atoms with Gasteiger partial charge in [-0.3, -0.25) is 4.79 Å². The topological polar surface area (TPSA) is 92.9 Å². The van der Waals surface area contributed by atoms with Crippen LogP contribution < -0.4 is 4.90 Å². The van der Waals surface area contributed by atoms with Gasteiger partial charge in [-0.05, 0) is 42.2 Å². The highest BCUT2D eigenvalue weighted by Gasteiger charge is 2.41. The van der Waals surface area contributed by atoms with Crippen LogP contribution in [0.4, 0.5) is 5.95 Å². The lowest BCUT2D eigenvalue weighted by Crippen LogP contribution is -2.54. The van der Waals surface area contributed by atoms with E-state index in [-0.39, 0.29) is 17.9 Å². The summed E-state index contributed by atoms with van der Waals surface area (Å²) >= 11 is 0. The summed E-state index contributed by atoms with van der Waals surface area (Å²) in [5.74, 6) is 0.873. The summed E-state index contributed by atoms with van der Waals surface area (Å²) in [6.45, 7) is 3.69. The van der Waals surface area contributed by atoms with E-state index in [0.29, 0.717) is 0 Å². The van der Waals surface area contributed by atoms with Crippen molar-refractivity contribution in [2.75, 3.05) is 31.1 Å². The van der Waals surface area contributed by atoms with Crippen molar-refractivity contribution in [3.8, 4) is 0 Å². The maximum absolute atomic E-state index is 12.6. The molecule has 0 aliphatic carbocycles. The highest BCUT2D eigenvalue weighted by molar-refractivity contribution is 5.76. The third kappa shape index (κ3) is 3.45. The summed E-state index contributed by atoms with van der Waals surface area (Å²) in [6, 6.07) is 1.84. The molecular weight excluding hydrogens is 320 g/mol. The first-order valence-electron chi connectivity index (χ1n) is 8.75. The van der Waals surface area contributed by atoms with Gasteiger partial charge in [0.2, 0.25) is 11.9 Å². The van der Waals surface area contributed by atoms with Gasteiger partial charge in [-0.1, -0.05) is 0 Å². The molecule has 1 unspecified atom stereocenters. The molecule has 9 nitrogen and oxygen atoms in total. The Morgan fingerprint density at radius 3 is 2.68 bits per heavy atom. The van der Waals surface area contributed by atoms with Crippen molar-refractivity contribution in [1.29, 1.82) is 0 Å².